The average molecular weight is 408 g/mol. The number of amides is 1. The Morgan fingerprint density at radius 1 is 1.07 bits per heavy atom. The van der Waals surface area contributed by atoms with Crippen LogP contribution < -0.4 is 5.32 Å². The molecule has 1 aliphatic heterocycles. The zero-order chi connectivity index (χ0) is 20.5. The van der Waals surface area contributed by atoms with E-state index in [-0.39, 0.29) is 11.3 Å². The largest absolute Gasteiger partial charge is 0.322 e. The van der Waals surface area contributed by atoms with E-state index in [0.717, 1.165) is 12.1 Å². The highest BCUT2D eigenvalue weighted by Crippen LogP contribution is 2.26. The van der Waals surface area contributed by atoms with Crippen LogP contribution >= 0.6 is 0 Å². The molecular formula is C20H22F2N2O3S. The summed E-state index contributed by atoms with van der Waals surface area (Å²) in [5.74, 6) is -1.61. The summed E-state index contributed by atoms with van der Waals surface area (Å²) in [5.41, 5.74) is 0.641. The fraction of sp³-hybridized carbons (Fsp3) is 0.350. The number of carbonyl (C=O) groups is 1. The van der Waals surface area contributed by atoms with Crippen molar-refractivity contribution in [3.63, 3.8) is 0 Å². The first kappa shape index (κ1) is 20.4. The summed E-state index contributed by atoms with van der Waals surface area (Å²) in [4.78, 5) is 11.9. The maximum atomic E-state index is 14.3. The van der Waals surface area contributed by atoms with E-state index in [1.807, 2.05) is 6.92 Å². The van der Waals surface area contributed by atoms with Gasteiger partial charge in [0.25, 0.3) is 5.91 Å². The minimum absolute atomic E-state index is 0.0219. The third-order valence-electron chi connectivity index (χ3n) is 4.98. The predicted molar refractivity (Wildman–Crippen MR) is 103 cm³/mol. The van der Waals surface area contributed by atoms with Crippen molar-refractivity contribution in [3.8, 4) is 0 Å². The Balaban J connectivity index is 1.86. The van der Waals surface area contributed by atoms with Crippen LogP contribution in [0.1, 0.15) is 35.7 Å². The van der Waals surface area contributed by atoms with Crippen LogP contribution in [0.3, 0.4) is 0 Å². The lowest BCUT2D eigenvalue weighted by atomic mass is 10.0. The first-order chi connectivity index (χ1) is 13.2. The Bertz CT molecular complexity index is 1000. The van der Waals surface area contributed by atoms with Crippen molar-refractivity contribution in [2.75, 3.05) is 18.4 Å². The topological polar surface area (TPSA) is 66.5 Å². The molecule has 0 bridgehead atoms. The molecule has 0 aromatic heterocycles. The van der Waals surface area contributed by atoms with Crippen LogP contribution in [0.2, 0.25) is 0 Å². The molecule has 1 heterocycles. The molecule has 2 aromatic rings. The molecule has 0 radical (unpaired) electrons. The highest BCUT2D eigenvalue weighted by atomic mass is 32.2. The Morgan fingerprint density at radius 2 is 1.75 bits per heavy atom. The summed E-state index contributed by atoms with van der Waals surface area (Å²) < 4.78 is 54.9. The van der Waals surface area contributed by atoms with Crippen molar-refractivity contribution in [1.29, 1.82) is 0 Å². The first-order valence-corrected chi connectivity index (χ1v) is 10.5. The quantitative estimate of drug-likeness (QED) is 0.833. The molecule has 0 saturated carbocycles. The van der Waals surface area contributed by atoms with Crippen LogP contribution in [0.5, 0.6) is 0 Å². The highest BCUT2D eigenvalue weighted by molar-refractivity contribution is 7.89. The Morgan fingerprint density at radius 3 is 2.39 bits per heavy atom. The van der Waals surface area contributed by atoms with Gasteiger partial charge in [-0.15, -0.1) is 0 Å². The maximum Gasteiger partial charge on any atom is 0.255 e. The van der Waals surface area contributed by atoms with Gasteiger partial charge in [-0.1, -0.05) is 13.0 Å². The van der Waals surface area contributed by atoms with Gasteiger partial charge in [0.05, 0.1) is 0 Å². The van der Waals surface area contributed by atoms with E-state index >= 15 is 0 Å². The molecule has 8 heteroatoms. The standard InChI is InChI=1S/C20H22F2N2O3S/c1-13-7-9-24(10-8-13)28(26,27)19-11-15(4-6-17(19)21)20(25)23-16-5-3-14(2)18(22)12-16/h3-6,11-13H,7-10H2,1-2H3,(H,23,25). The van der Waals surface area contributed by atoms with E-state index in [2.05, 4.69) is 5.32 Å². The second-order valence-electron chi connectivity index (χ2n) is 7.15. The smallest absolute Gasteiger partial charge is 0.255 e. The second-order valence-corrected chi connectivity index (χ2v) is 9.06. The number of nitrogens with one attached hydrogen (secondary N) is 1. The molecule has 1 amide bonds. The summed E-state index contributed by atoms with van der Waals surface area (Å²) in [6.45, 7) is 4.28. The van der Waals surface area contributed by atoms with Crippen LogP contribution in [0, 0.1) is 24.5 Å². The predicted octanol–water partition coefficient (Wildman–Crippen LogP) is 3.95. The minimum atomic E-state index is -4.04. The highest BCUT2D eigenvalue weighted by Gasteiger charge is 2.31. The van der Waals surface area contributed by atoms with Gasteiger partial charge in [-0.05, 0) is 61.6 Å². The Labute approximate surface area is 163 Å². The number of piperidine rings is 1. The van der Waals surface area contributed by atoms with Gasteiger partial charge in [-0.2, -0.15) is 4.31 Å². The van der Waals surface area contributed by atoms with E-state index in [1.54, 1.807) is 6.92 Å². The van der Waals surface area contributed by atoms with Crippen LogP contribution in [-0.2, 0) is 10.0 Å². The number of hydrogen-bond donors (Lipinski definition) is 1. The van der Waals surface area contributed by atoms with E-state index in [0.29, 0.717) is 37.4 Å². The summed E-state index contributed by atoms with van der Waals surface area (Å²) >= 11 is 0. The average Bonchev–Trinajstić information content (AvgIpc) is 2.65. The van der Waals surface area contributed by atoms with Crippen LogP contribution in [0.15, 0.2) is 41.3 Å². The number of carbonyl (C=O) groups excluding carboxylic acids is 1. The molecule has 0 unspecified atom stereocenters. The fourth-order valence-corrected chi connectivity index (χ4v) is 4.64. The van der Waals surface area contributed by atoms with E-state index in [4.69, 9.17) is 0 Å². The summed E-state index contributed by atoms with van der Waals surface area (Å²) in [5, 5.41) is 2.50. The minimum Gasteiger partial charge on any atom is -0.322 e. The zero-order valence-corrected chi connectivity index (χ0v) is 16.5. The number of sulfonamides is 1. The summed E-state index contributed by atoms with van der Waals surface area (Å²) in [6.07, 6.45) is 1.42. The third-order valence-corrected chi connectivity index (χ3v) is 6.90. The van der Waals surface area contributed by atoms with Gasteiger partial charge in [0.1, 0.15) is 16.5 Å². The molecule has 1 N–H and O–H groups in total. The molecule has 0 spiro atoms. The number of anilines is 1. The fourth-order valence-electron chi connectivity index (χ4n) is 3.08. The Kier molecular flexibility index (Phi) is 5.81. The van der Waals surface area contributed by atoms with Crippen LogP contribution in [-0.4, -0.2) is 31.7 Å². The normalized spacial score (nSPS) is 16.1. The van der Waals surface area contributed by atoms with Crippen molar-refractivity contribution < 1.29 is 22.0 Å². The van der Waals surface area contributed by atoms with Gasteiger partial charge in [0.2, 0.25) is 10.0 Å². The van der Waals surface area contributed by atoms with Crippen molar-refractivity contribution in [2.24, 2.45) is 5.92 Å². The van der Waals surface area contributed by atoms with Crippen molar-refractivity contribution in [1.82, 2.24) is 4.31 Å². The molecule has 3 rings (SSSR count). The number of hydrogen-bond acceptors (Lipinski definition) is 3. The van der Waals surface area contributed by atoms with Gasteiger partial charge in [0.15, 0.2) is 0 Å². The van der Waals surface area contributed by atoms with Crippen LogP contribution in [0.25, 0.3) is 0 Å². The van der Waals surface area contributed by atoms with Gasteiger partial charge in [-0.25, -0.2) is 17.2 Å². The number of benzene rings is 2. The second kappa shape index (κ2) is 7.97. The lowest BCUT2D eigenvalue weighted by Gasteiger charge is -2.29. The molecule has 150 valence electrons. The molecule has 1 saturated heterocycles. The van der Waals surface area contributed by atoms with Crippen molar-refractivity contribution in [2.45, 2.75) is 31.6 Å². The van der Waals surface area contributed by atoms with Crippen LogP contribution in [0.4, 0.5) is 14.5 Å². The molecule has 28 heavy (non-hydrogen) atoms. The molecule has 0 atom stereocenters. The third kappa shape index (κ3) is 4.23. The van der Waals surface area contributed by atoms with E-state index in [1.165, 1.54) is 28.6 Å². The lowest BCUT2D eigenvalue weighted by Crippen LogP contribution is -2.38. The molecule has 5 nitrogen and oxygen atoms in total. The Hall–Kier alpha value is -2.32. The number of rotatable bonds is 4. The number of halogens is 2. The summed E-state index contributed by atoms with van der Waals surface area (Å²) in [6, 6.07) is 7.41. The molecule has 1 aliphatic rings. The van der Waals surface area contributed by atoms with Crippen molar-refractivity contribution >= 4 is 21.6 Å². The lowest BCUT2D eigenvalue weighted by molar-refractivity contribution is 0.102. The van der Waals surface area contributed by atoms with E-state index in [9.17, 15) is 22.0 Å². The van der Waals surface area contributed by atoms with Gasteiger partial charge >= 0.3 is 0 Å². The zero-order valence-electron chi connectivity index (χ0n) is 15.7. The molecule has 2 aromatic carbocycles. The maximum absolute atomic E-state index is 14.3. The number of aryl methyl sites for hydroxylation is 1. The molecular weight excluding hydrogens is 386 g/mol. The molecule has 0 aliphatic carbocycles. The van der Waals surface area contributed by atoms with Crippen molar-refractivity contribution in [3.05, 3.63) is 59.2 Å². The van der Waals surface area contributed by atoms with Gasteiger partial charge in [-0.3, -0.25) is 4.79 Å². The van der Waals surface area contributed by atoms with Gasteiger partial charge in [0, 0.05) is 24.3 Å². The van der Waals surface area contributed by atoms with E-state index < -0.39 is 32.5 Å². The van der Waals surface area contributed by atoms with Gasteiger partial charge < -0.3 is 5.32 Å². The summed E-state index contributed by atoms with van der Waals surface area (Å²) in [7, 11) is -4.04. The first-order valence-electron chi connectivity index (χ1n) is 9.05. The number of nitrogens with zero attached hydrogens (tertiary/aromatic N) is 1. The monoisotopic (exact) mass is 408 g/mol. The SMILES string of the molecule is Cc1ccc(NC(=O)c2ccc(F)c(S(=O)(=O)N3CCC(C)CC3)c2)cc1F. The molecule has 1 fully saturated rings.